The van der Waals surface area contributed by atoms with Crippen molar-refractivity contribution in [2.24, 2.45) is 0 Å². The highest BCUT2D eigenvalue weighted by Crippen LogP contribution is 2.40. The van der Waals surface area contributed by atoms with Crippen LogP contribution in [0.4, 0.5) is 11.6 Å². The highest BCUT2D eigenvalue weighted by atomic mass is 35.5. The molecule has 1 N–H and O–H groups in total. The number of halogens is 1. The smallest absolute Gasteiger partial charge is 0.257 e. The molecule has 1 saturated heterocycles. The van der Waals surface area contributed by atoms with Crippen LogP contribution in [0.5, 0.6) is 11.6 Å². The Hall–Kier alpha value is -4.36. The van der Waals surface area contributed by atoms with Gasteiger partial charge in [-0.05, 0) is 60.7 Å². The van der Waals surface area contributed by atoms with Crippen molar-refractivity contribution in [1.82, 2.24) is 44.9 Å². The molecule has 0 amide bonds. The summed E-state index contributed by atoms with van der Waals surface area (Å²) < 4.78 is 26.9. The topological polar surface area (TPSA) is 163 Å². The molecule has 4 heterocycles. The molecular weight excluding hydrogens is 638 g/mol. The molecule has 16 heteroatoms. The van der Waals surface area contributed by atoms with Gasteiger partial charge in [0.25, 0.3) is 5.88 Å². The Balaban J connectivity index is 0.00000451. The number of aromatic nitrogens is 8. The fraction of sp³-hybridized carbons (Fsp3) is 0.531. The zero-order valence-electron chi connectivity index (χ0n) is 27.3. The van der Waals surface area contributed by atoms with Crippen LogP contribution in [-0.4, -0.2) is 97.6 Å². The molecule has 0 spiro atoms. The quantitative estimate of drug-likeness (QED) is 0.189. The van der Waals surface area contributed by atoms with E-state index in [0.29, 0.717) is 48.6 Å². The van der Waals surface area contributed by atoms with Crippen LogP contribution in [0, 0.1) is 11.3 Å². The van der Waals surface area contributed by atoms with E-state index in [0.717, 1.165) is 69.5 Å². The maximum Gasteiger partial charge on any atom is 0.257 e. The molecule has 2 fully saturated rings. The van der Waals surface area contributed by atoms with Gasteiger partial charge < -0.3 is 24.3 Å². The van der Waals surface area contributed by atoms with Gasteiger partial charge in [-0.1, -0.05) is 12.5 Å². The molecule has 3 aromatic heterocycles. The van der Waals surface area contributed by atoms with Crippen LogP contribution in [0.1, 0.15) is 51.0 Å². The minimum absolute atomic E-state index is 0. The molecule has 1 unspecified atom stereocenters. The van der Waals surface area contributed by atoms with Crippen molar-refractivity contribution in [3.05, 3.63) is 48.7 Å². The number of hydrogen-bond donors (Lipinski definition) is 1. The molecule has 0 bridgehead atoms. The lowest BCUT2D eigenvalue weighted by Gasteiger charge is -2.47. The number of nitrogens with zero attached hydrogens (tertiary/aromatic N) is 10. The van der Waals surface area contributed by atoms with Gasteiger partial charge >= 0.3 is 0 Å². The highest BCUT2D eigenvalue weighted by Gasteiger charge is 2.42. The molecule has 1 aromatic carbocycles. The first-order valence-corrected chi connectivity index (χ1v) is 16.1. The number of nitrogens with one attached hydrogen (secondary N) is 1. The zero-order chi connectivity index (χ0) is 32.5. The maximum absolute atomic E-state index is 9.67. The lowest BCUT2D eigenvalue weighted by Crippen LogP contribution is -2.56. The van der Waals surface area contributed by atoms with Crippen LogP contribution < -0.4 is 14.8 Å². The first-order chi connectivity index (χ1) is 23.1. The highest BCUT2D eigenvalue weighted by molar-refractivity contribution is 5.85. The molecular formula is C32H42ClN11O4. The van der Waals surface area contributed by atoms with Gasteiger partial charge in [0.15, 0.2) is 0 Å². The Kier molecular flexibility index (Phi) is 12.1. The molecule has 1 aliphatic carbocycles. The Morgan fingerprint density at radius 1 is 1.08 bits per heavy atom. The summed E-state index contributed by atoms with van der Waals surface area (Å²) >= 11 is 0. The normalized spacial score (nSPS) is 16.8. The standard InChI is InChI=1S/C32H41N11O4.ClH/c1-24(21-42-23-36-39-40-42)47-29-17-25(7-8-26(29)18-33)27-19-34-31(35-20-27)37-28-22-43(38-30(28)46-14-6-13-44-2)32(9-4-3-5-10-32)41-11-15-45-16-12-41;/h7-8,17,19-20,22-24H,3-6,9-16,21H2,1-2H3,(H,34,35,37);1H. The van der Waals surface area contributed by atoms with E-state index in [9.17, 15) is 5.26 Å². The lowest BCUT2D eigenvalue weighted by molar-refractivity contribution is -0.0836. The molecule has 6 rings (SSSR count). The monoisotopic (exact) mass is 679 g/mol. The molecule has 1 aliphatic heterocycles. The van der Waals surface area contributed by atoms with E-state index in [1.807, 2.05) is 25.3 Å². The summed E-state index contributed by atoms with van der Waals surface area (Å²) in [5.74, 6) is 1.39. The van der Waals surface area contributed by atoms with Crippen molar-refractivity contribution in [1.29, 1.82) is 5.26 Å². The largest absolute Gasteiger partial charge is 0.487 e. The van der Waals surface area contributed by atoms with E-state index in [1.165, 1.54) is 12.7 Å². The minimum Gasteiger partial charge on any atom is -0.487 e. The number of hydrogen-bond acceptors (Lipinski definition) is 13. The van der Waals surface area contributed by atoms with Crippen LogP contribution >= 0.6 is 12.4 Å². The number of rotatable bonds is 14. The van der Waals surface area contributed by atoms with Crippen LogP contribution in [0.15, 0.2) is 43.1 Å². The van der Waals surface area contributed by atoms with Crippen molar-refractivity contribution in [2.45, 2.75) is 63.8 Å². The van der Waals surface area contributed by atoms with Crippen molar-refractivity contribution in [3.63, 3.8) is 0 Å². The molecule has 2 aliphatic rings. The summed E-state index contributed by atoms with van der Waals surface area (Å²) in [6, 6.07) is 7.62. The number of nitriles is 1. The van der Waals surface area contributed by atoms with Crippen LogP contribution in [0.3, 0.4) is 0 Å². The second kappa shape index (κ2) is 16.6. The number of tetrazole rings is 1. The van der Waals surface area contributed by atoms with E-state index in [1.54, 1.807) is 30.3 Å². The number of methoxy groups -OCH3 is 1. The fourth-order valence-corrected chi connectivity index (χ4v) is 6.26. The maximum atomic E-state index is 9.67. The summed E-state index contributed by atoms with van der Waals surface area (Å²) in [5.41, 5.74) is 2.51. The molecule has 48 heavy (non-hydrogen) atoms. The van der Waals surface area contributed by atoms with Crippen molar-refractivity contribution in [3.8, 4) is 28.8 Å². The summed E-state index contributed by atoms with van der Waals surface area (Å²) in [4.78, 5) is 11.8. The predicted octanol–water partition coefficient (Wildman–Crippen LogP) is 4.20. The molecule has 1 atom stereocenters. The summed E-state index contributed by atoms with van der Waals surface area (Å²) in [6.07, 6.45) is 13.1. The van der Waals surface area contributed by atoms with Crippen molar-refractivity contribution < 1.29 is 18.9 Å². The van der Waals surface area contributed by atoms with E-state index >= 15 is 0 Å². The van der Waals surface area contributed by atoms with Crippen LogP contribution in [0.2, 0.25) is 0 Å². The Bertz CT molecular complexity index is 1620. The first-order valence-electron chi connectivity index (χ1n) is 16.1. The van der Waals surface area contributed by atoms with Crippen molar-refractivity contribution >= 4 is 24.0 Å². The Labute approximate surface area is 285 Å². The third kappa shape index (κ3) is 8.19. The Morgan fingerprint density at radius 3 is 2.58 bits per heavy atom. The third-order valence-electron chi connectivity index (χ3n) is 8.59. The van der Waals surface area contributed by atoms with Gasteiger partial charge in [-0.25, -0.2) is 19.3 Å². The van der Waals surface area contributed by atoms with Crippen LogP contribution in [-0.2, 0) is 21.7 Å². The lowest BCUT2D eigenvalue weighted by atomic mass is 9.87. The number of ether oxygens (including phenoxy) is 4. The molecule has 15 nitrogen and oxygen atoms in total. The minimum atomic E-state index is -0.272. The van der Waals surface area contributed by atoms with E-state index in [-0.39, 0.29) is 24.2 Å². The van der Waals surface area contributed by atoms with E-state index in [4.69, 9.17) is 24.0 Å². The summed E-state index contributed by atoms with van der Waals surface area (Å²) in [6.45, 7) is 6.60. The average molecular weight is 680 g/mol. The Morgan fingerprint density at radius 2 is 1.88 bits per heavy atom. The van der Waals surface area contributed by atoms with Gasteiger partial charge in [-0.3, -0.25) is 4.90 Å². The van der Waals surface area contributed by atoms with Gasteiger partial charge in [0, 0.05) is 51.2 Å². The SMILES string of the molecule is COCCCOc1nn(C2(N3CCOCC3)CCCCC2)cc1Nc1ncc(-c2ccc(C#N)c(OC(C)Cn3cnnn3)c2)cn1.Cl. The fourth-order valence-electron chi connectivity index (χ4n) is 6.26. The number of benzene rings is 1. The number of morpholine rings is 1. The van der Waals surface area contributed by atoms with Gasteiger partial charge in [-0.2, -0.15) is 5.26 Å². The van der Waals surface area contributed by atoms with Crippen LogP contribution in [0.25, 0.3) is 11.1 Å². The molecule has 256 valence electrons. The molecule has 1 saturated carbocycles. The first kappa shape index (κ1) is 35.0. The number of anilines is 2. The van der Waals surface area contributed by atoms with Gasteiger partial charge in [0.2, 0.25) is 5.95 Å². The second-order valence-electron chi connectivity index (χ2n) is 11.8. The van der Waals surface area contributed by atoms with Gasteiger partial charge in [0.1, 0.15) is 35.6 Å². The second-order valence-corrected chi connectivity index (χ2v) is 11.8. The van der Waals surface area contributed by atoms with Gasteiger partial charge in [-0.15, -0.1) is 22.6 Å². The predicted molar refractivity (Wildman–Crippen MR) is 178 cm³/mol. The molecule has 0 radical (unpaired) electrons. The summed E-state index contributed by atoms with van der Waals surface area (Å²) in [5, 5.41) is 29.2. The zero-order valence-corrected chi connectivity index (χ0v) is 28.1. The van der Waals surface area contributed by atoms with E-state index in [2.05, 4.69) is 46.5 Å². The van der Waals surface area contributed by atoms with Crippen molar-refractivity contribution in [2.75, 3.05) is 51.9 Å². The third-order valence-corrected chi connectivity index (χ3v) is 8.59. The average Bonchev–Trinajstić information content (AvgIpc) is 3.78. The van der Waals surface area contributed by atoms with Gasteiger partial charge in [0.05, 0.1) is 38.1 Å². The molecule has 4 aromatic rings. The van der Waals surface area contributed by atoms with E-state index < -0.39 is 0 Å². The summed E-state index contributed by atoms with van der Waals surface area (Å²) in [7, 11) is 1.68.